The monoisotopic (exact) mass is 364 g/mol. The summed E-state index contributed by atoms with van der Waals surface area (Å²) >= 11 is 6.23. The minimum Gasteiger partial charge on any atom is -0.490 e. The van der Waals surface area contributed by atoms with Crippen LogP contribution in [0.1, 0.15) is 38.7 Å². The normalized spacial score (nSPS) is 10.0. The number of halogens is 2. The molecule has 5 nitrogen and oxygen atoms in total. The lowest BCUT2D eigenvalue weighted by molar-refractivity contribution is -0.119. The van der Waals surface area contributed by atoms with Crippen molar-refractivity contribution >= 4 is 29.9 Å². The Morgan fingerprint density at radius 1 is 1.26 bits per heavy atom. The van der Waals surface area contributed by atoms with Crippen LogP contribution in [0.5, 0.6) is 11.5 Å². The Kier molecular flexibility index (Phi) is 11.7. The molecule has 3 N–H and O–H groups in total. The van der Waals surface area contributed by atoms with E-state index in [4.69, 9.17) is 26.8 Å². The summed E-state index contributed by atoms with van der Waals surface area (Å²) < 4.78 is 10.9. The van der Waals surface area contributed by atoms with Crippen LogP contribution in [0.25, 0.3) is 0 Å². The van der Waals surface area contributed by atoms with E-state index in [1.54, 1.807) is 0 Å². The van der Waals surface area contributed by atoms with Gasteiger partial charge in [-0.05, 0) is 37.6 Å². The first-order chi connectivity index (χ1) is 10.6. The van der Waals surface area contributed by atoms with Crippen molar-refractivity contribution in [1.29, 1.82) is 0 Å². The molecule has 132 valence electrons. The van der Waals surface area contributed by atoms with Crippen LogP contribution < -0.4 is 20.5 Å². The maximum Gasteiger partial charge on any atom is 0.255 e. The first kappa shape index (κ1) is 21.8. The van der Waals surface area contributed by atoms with Crippen molar-refractivity contribution in [2.75, 3.05) is 19.8 Å². The second-order valence-corrected chi connectivity index (χ2v) is 5.38. The Labute approximate surface area is 149 Å². The molecule has 0 spiro atoms. The summed E-state index contributed by atoms with van der Waals surface area (Å²) in [4.78, 5) is 10.9. The van der Waals surface area contributed by atoms with Crippen molar-refractivity contribution in [2.45, 2.75) is 39.7 Å². The van der Waals surface area contributed by atoms with E-state index in [9.17, 15) is 4.79 Å². The first-order valence-corrected chi connectivity index (χ1v) is 8.03. The van der Waals surface area contributed by atoms with Gasteiger partial charge in [0.2, 0.25) is 0 Å². The molecule has 0 radical (unpaired) electrons. The third kappa shape index (κ3) is 8.30. The zero-order chi connectivity index (χ0) is 16.4. The van der Waals surface area contributed by atoms with Crippen molar-refractivity contribution in [3.8, 4) is 11.5 Å². The quantitative estimate of drug-likeness (QED) is 0.590. The van der Waals surface area contributed by atoms with Crippen molar-refractivity contribution < 1.29 is 14.3 Å². The second-order valence-electron chi connectivity index (χ2n) is 4.98. The molecule has 0 saturated carbocycles. The number of amides is 1. The number of hydrogen-bond donors (Lipinski definition) is 2. The van der Waals surface area contributed by atoms with Gasteiger partial charge in [0.25, 0.3) is 5.91 Å². The number of unbranched alkanes of at least 4 members (excludes halogenated alkanes) is 2. The van der Waals surface area contributed by atoms with E-state index in [1.807, 2.05) is 19.1 Å². The highest BCUT2D eigenvalue weighted by atomic mass is 35.5. The van der Waals surface area contributed by atoms with E-state index >= 15 is 0 Å². The van der Waals surface area contributed by atoms with Crippen LogP contribution in [-0.4, -0.2) is 25.7 Å². The number of primary amides is 1. The SMILES string of the molecule is CCCCCNCc1cc(Cl)c(OCC(N)=O)c(OCC)c1.Cl. The summed E-state index contributed by atoms with van der Waals surface area (Å²) in [6, 6.07) is 3.69. The molecule has 0 fully saturated rings. The zero-order valence-corrected chi connectivity index (χ0v) is 15.3. The molecule has 0 aliphatic rings. The predicted molar refractivity (Wildman–Crippen MR) is 95.8 cm³/mol. The van der Waals surface area contributed by atoms with Crippen molar-refractivity contribution in [3.63, 3.8) is 0 Å². The molecule has 0 aromatic heterocycles. The fourth-order valence-corrected chi connectivity index (χ4v) is 2.29. The van der Waals surface area contributed by atoms with Gasteiger partial charge in [0.05, 0.1) is 11.6 Å². The van der Waals surface area contributed by atoms with E-state index in [-0.39, 0.29) is 19.0 Å². The van der Waals surface area contributed by atoms with Gasteiger partial charge in [0.1, 0.15) is 0 Å². The Hall–Kier alpha value is -1.17. The van der Waals surface area contributed by atoms with Gasteiger partial charge in [-0.1, -0.05) is 31.4 Å². The number of nitrogens with one attached hydrogen (secondary N) is 1. The highest BCUT2D eigenvalue weighted by molar-refractivity contribution is 6.32. The molecule has 7 heteroatoms. The minimum absolute atomic E-state index is 0. The fourth-order valence-electron chi connectivity index (χ4n) is 2.00. The van der Waals surface area contributed by atoms with E-state index in [2.05, 4.69) is 12.2 Å². The Morgan fingerprint density at radius 3 is 2.61 bits per heavy atom. The molecule has 1 amide bonds. The molecule has 0 unspecified atom stereocenters. The van der Waals surface area contributed by atoms with Crippen molar-refractivity contribution in [3.05, 3.63) is 22.7 Å². The third-order valence-electron chi connectivity index (χ3n) is 3.01. The molecule has 0 aliphatic carbocycles. The van der Waals surface area contributed by atoms with Gasteiger partial charge >= 0.3 is 0 Å². The lowest BCUT2D eigenvalue weighted by atomic mass is 10.2. The van der Waals surface area contributed by atoms with Gasteiger partial charge in [-0.25, -0.2) is 0 Å². The number of benzene rings is 1. The van der Waals surface area contributed by atoms with Crippen LogP contribution in [0.3, 0.4) is 0 Å². The minimum atomic E-state index is -0.555. The predicted octanol–water partition coefficient (Wildman–Crippen LogP) is 3.30. The fraction of sp³-hybridized carbons (Fsp3) is 0.562. The summed E-state index contributed by atoms with van der Waals surface area (Å²) in [5.74, 6) is 0.332. The van der Waals surface area contributed by atoms with Crippen LogP contribution in [0.15, 0.2) is 12.1 Å². The Morgan fingerprint density at radius 2 is 2.00 bits per heavy atom. The summed E-state index contributed by atoms with van der Waals surface area (Å²) in [6.45, 7) is 5.99. The smallest absolute Gasteiger partial charge is 0.255 e. The number of hydrogen-bond acceptors (Lipinski definition) is 4. The number of ether oxygens (including phenoxy) is 2. The standard InChI is InChI=1S/C16H25ClN2O3.ClH/c1-3-5-6-7-19-10-12-8-13(17)16(22-11-15(18)20)14(9-12)21-4-2;/h8-9,19H,3-7,10-11H2,1-2H3,(H2,18,20);1H. The van der Waals surface area contributed by atoms with Crippen LogP contribution in [0, 0.1) is 0 Å². The van der Waals surface area contributed by atoms with Gasteiger partial charge in [0.15, 0.2) is 18.1 Å². The van der Waals surface area contributed by atoms with Crippen LogP contribution in [-0.2, 0) is 11.3 Å². The summed E-state index contributed by atoms with van der Waals surface area (Å²) in [5.41, 5.74) is 6.10. The molecule has 0 saturated heterocycles. The molecule has 0 atom stereocenters. The molecule has 1 rings (SSSR count). The molecule has 0 bridgehead atoms. The van der Waals surface area contributed by atoms with E-state index in [0.29, 0.717) is 29.7 Å². The topological polar surface area (TPSA) is 73.6 Å². The third-order valence-corrected chi connectivity index (χ3v) is 3.29. The van der Waals surface area contributed by atoms with Gasteiger partial charge in [0, 0.05) is 6.54 Å². The summed E-state index contributed by atoms with van der Waals surface area (Å²) in [5, 5.41) is 3.79. The van der Waals surface area contributed by atoms with E-state index < -0.39 is 5.91 Å². The average molecular weight is 365 g/mol. The Bertz CT molecular complexity index is 485. The van der Waals surface area contributed by atoms with Gasteiger partial charge < -0.3 is 20.5 Å². The molecule has 0 aliphatic heterocycles. The molecular weight excluding hydrogens is 339 g/mol. The molecular formula is C16H26Cl2N2O3. The number of carbonyl (C=O) groups is 1. The van der Waals surface area contributed by atoms with Crippen LogP contribution in [0.2, 0.25) is 5.02 Å². The largest absolute Gasteiger partial charge is 0.490 e. The maximum absolute atomic E-state index is 10.9. The lowest BCUT2D eigenvalue weighted by Gasteiger charge is -2.15. The molecule has 1 aromatic carbocycles. The number of nitrogens with two attached hydrogens (primary N) is 1. The first-order valence-electron chi connectivity index (χ1n) is 7.65. The van der Waals surface area contributed by atoms with Crippen LogP contribution >= 0.6 is 24.0 Å². The maximum atomic E-state index is 10.9. The van der Waals surface area contributed by atoms with Gasteiger partial charge in [-0.3, -0.25) is 4.79 Å². The summed E-state index contributed by atoms with van der Waals surface area (Å²) in [6.07, 6.45) is 3.58. The zero-order valence-electron chi connectivity index (χ0n) is 13.7. The number of rotatable bonds is 11. The molecule has 0 heterocycles. The van der Waals surface area contributed by atoms with Gasteiger partial charge in [-0.15, -0.1) is 12.4 Å². The van der Waals surface area contributed by atoms with E-state index in [1.165, 1.54) is 12.8 Å². The van der Waals surface area contributed by atoms with Crippen molar-refractivity contribution in [1.82, 2.24) is 5.32 Å². The Balaban J connectivity index is 0.00000484. The number of carbonyl (C=O) groups excluding carboxylic acids is 1. The molecule has 23 heavy (non-hydrogen) atoms. The highest BCUT2D eigenvalue weighted by Crippen LogP contribution is 2.36. The molecule has 1 aromatic rings. The van der Waals surface area contributed by atoms with Crippen molar-refractivity contribution in [2.24, 2.45) is 5.73 Å². The van der Waals surface area contributed by atoms with Gasteiger partial charge in [-0.2, -0.15) is 0 Å². The summed E-state index contributed by atoms with van der Waals surface area (Å²) in [7, 11) is 0. The van der Waals surface area contributed by atoms with E-state index in [0.717, 1.165) is 18.5 Å². The highest BCUT2D eigenvalue weighted by Gasteiger charge is 2.13. The second kappa shape index (κ2) is 12.3. The lowest BCUT2D eigenvalue weighted by Crippen LogP contribution is -2.20. The van der Waals surface area contributed by atoms with Crippen LogP contribution in [0.4, 0.5) is 0 Å². The average Bonchev–Trinajstić information content (AvgIpc) is 2.46.